The molecule has 3 aliphatic rings. The molecule has 0 amide bonds. The van der Waals surface area contributed by atoms with Gasteiger partial charge in [0.05, 0.1) is 0 Å². The Morgan fingerprint density at radius 2 is 1.25 bits per heavy atom. The SMILES string of the molecule is C1=C2[C@H](CCc3ccccc31)[C@]1(c3ccccc3)O[C@@]2(c2ccccc2)c2ccccc21. The molecule has 0 N–H and O–H groups in total. The Kier molecular flexibility index (Phi) is 3.72. The van der Waals surface area contributed by atoms with Gasteiger partial charge in [-0.1, -0.05) is 115 Å². The fraction of sp³-hybridized carbons (Fsp3) is 0.161. The van der Waals surface area contributed by atoms with Crippen LogP contribution in [0.15, 0.2) is 115 Å². The van der Waals surface area contributed by atoms with Crippen LogP contribution in [0.3, 0.4) is 0 Å². The van der Waals surface area contributed by atoms with Gasteiger partial charge in [-0.25, -0.2) is 0 Å². The van der Waals surface area contributed by atoms with Crippen LogP contribution in [0.4, 0.5) is 0 Å². The molecule has 0 aromatic heterocycles. The molecular weight excluding hydrogens is 388 g/mol. The Labute approximate surface area is 189 Å². The van der Waals surface area contributed by atoms with Gasteiger partial charge in [0.1, 0.15) is 11.2 Å². The topological polar surface area (TPSA) is 9.23 Å². The Morgan fingerprint density at radius 1 is 0.625 bits per heavy atom. The van der Waals surface area contributed by atoms with Crippen molar-refractivity contribution in [2.45, 2.75) is 24.0 Å². The highest BCUT2D eigenvalue weighted by molar-refractivity contribution is 5.72. The summed E-state index contributed by atoms with van der Waals surface area (Å²) < 4.78 is 7.44. The standard InChI is InChI=1S/C31H24O/c1-3-13-24(14-4-1)30-26-17-9-10-18-27(26)31(32-30,25-15-5-2-6-16-25)29-21-23-12-8-7-11-22(23)19-20-28(29)30/h1-18,21,28H,19-20H2/t28-,30+,31-/m0/s1. The minimum atomic E-state index is -0.560. The summed E-state index contributed by atoms with van der Waals surface area (Å²) in [5, 5.41) is 0. The smallest absolute Gasteiger partial charge is 0.142 e. The lowest BCUT2D eigenvalue weighted by Gasteiger charge is -2.36. The molecule has 1 heteroatoms. The Balaban J connectivity index is 1.61. The number of hydrogen-bond donors (Lipinski definition) is 0. The molecule has 1 aliphatic carbocycles. The minimum absolute atomic E-state index is 0.285. The fourth-order valence-corrected chi connectivity index (χ4v) is 6.49. The van der Waals surface area contributed by atoms with Gasteiger partial charge in [0, 0.05) is 5.92 Å². The number of hydrogen-bond acceptors (Lipinski definition) is 1. The molecule has 0 spiro atoms. The largest absolute Gasteiger partial charge is 0.345 e. The number of aryl methyl sites for hydroxylation is 1. The second kappa shape index (κ2) is 6.54. The van der Waals surface area contributed by atoms with E-state index in [0.717, 1.165) is 12.8 Å². The molecule has 1 saturated heterocycles. The van der Waals surface area contributed by atoms with Gasteiger partial charge in [0.2, 0.25) is 0 Å². The Hall–Kier alpha value is -3.42. The molecule has 2 heterocycles. The third-order valence-electron chi connectivity index (χ3n) is 7.74. The van der Waals surface area contributed by atoms with Crippen molar-refractivity contribution in [3.05, 3.63) is 148 Å². The van der Waals surface area contributed by atoms with E-state index in [2.05, 4.69) is 115 Å². The molecule has 32 heavy (non-hydrogen) atoms. The van der Waals surface area contributed by atoms with E-state index in [1.807, 2.05) is 0 Å². The van der Waals surface area contributed by atoms with E-state index in [-0.39, 0.29) is 5.92 Å². The average molecular weight is 413 g/mol. The zero-order valence-corrected chi connectivity index (χ0v) is 17.9. The monoisotopic (exact) mass is 412 g/mol. The van der Waals surface area contributed by atoms with E-state index in [1.165, 1.54) is 39.0 Å². The van der Waals surface area contributed by atoms with Crippen molar-refractivity contribution >= 4 is 6.08 Å². The average Bonchev–Trinajstić information content (AvgIpc) is 3.24. The van der Waals surface area contributed by atoms with Crippen molar-refractivity contribution in [1.82, 2.24) is 0 Å². The molecule has 0 saturated carbocycles. The van der Waals surface area contributed by atoms with Gasteiger partial charge < -0.3 is 4.74 Å². The van der Waals surface area contributed by atoms with E-state index in [0.29, 0.717) is 0 Å². The Bertz CT molecular complexity index is 1350. The van der Waals surface area contributed by atoms with E-state index in [9.17, 15) is 0 Å². The molecule has 7 rings (SSSR count). The molecule has 0 radical (unpaired) electrons. The van der Waals surface area contributed by atoms with E-state index >= 15 is 0 Å². The highest BCUT2D eigenvalue weighted by atomic mass is 16.5. The maximum absolute atomic E-state index is 7.44. The number of benzene rings is 4. The maximum atomic E-state index is 7.44. The summed E-state index contributed by atoms with van der Waals surface area (Å²) in [7, 11) is 0. The third-order valence-corrected chi connectivity index (χ3v) is 7.74. The summed E-state index contributed by atoms with van der Waals surface area (Å²) in [6.07, 6.45) is 4.58. The van der Waals surface area contributed by atoms with Gasteiger partial charge >= 0.3 is 0 Å². The van der Waals surface area contributed by atoms with Gasteiger partial charge in [-0.3, -0.25) is 0 Å². The first-order valence-corrected chi connectivity index (χ1v) is 11.6. The lowest BCUT2D eigenvalue weighted by molar-refractivity contribution is -0.0483. The zero-order valence-electron chi connectivity index (χ0n) is 17.9. The first kappa shape index (κ1) is 18.2. The van der Waals surface area contributed by atoms with Gasteiger partial charge in [-0.15, -0.1) is 0 Å². The van der Waals surface area contributed by atoms with Crippen molar-refractivity contribution in [2.75, 3.05) is 0 Å². The van der Waals surface area contributed by atoms with Crippen molar-refractivity contribution in [2.24, 2.45) is 5.92 Å². The summed E-state index contributed by atoms with van der Waals surface area (Å²) in [5.74, 6) is 0.285. The van der Waals surface area contributed by atoms with E-state index in [4.69, 9.17) is 4.74 Å². The summed E-state index contributed by atoms with van der Waals surface area (Å²) in [4.78, 5) is 0. The van der Waals surface area contributed by atoms with Crippen LogP contribution < -0.4 is 0 Å². The first-order chi connectivity index (χ1) is 15.8. The predicted octanol–water partition coefficient (Wildman–Crippen LogP) is 6.86. The fourth-order valence-electron chi connectivity index (χ4n) is 6.49. The van der Waals surface area contributed by atoms with Gasteiger partial charge in [-0.2, -0.15) is 0 Å². The molecule has 154 valence electrons. The van der Waals surface area contributed by atoms with Gasteiger partial charge in [0.15, 0.2) is 0 Å². The number of ether oxygens (including phenoxy) is 1. The Morgan fingerprint density at radius 3 is 2.03 bits per heavy atom. The van der Waals surface area contributed by atoms with Crippen molar-refractivity contribution in [3.8, 4) is 0 Å². The predicted molar refractivity (Wildman–Crippen MR) is 128 cm³/mol. The van der Waals surface area contributed by atoms with Gasteiger partial charge in [0.25, 0.3) is 0 Å². The first-order valence-electron chi connectivity index (χ1n) is 11.6. The second-order valence-electron chi connectivity index (χ2n) is 9.19. The minimum Gasteiger partial charge on any atom is -0.345 e. The maximum Gasteiger partial charge on any atom is 0.142 e. The van der Waals surface area contributed by atoms with Crippen LogP contribution in [0.5, 0.6) is 0 Å². The number of rotatable bonds is 2. The third kappa shape index (κ3) is 2.17. The van der Waals surface area contributed by atoms with Crippen LogP contribution in [0.2, 0.25) is 0 Å². The van der Waals surface area contributed by atoms with Crippen LogP contribution in [0, 0.1) is 5.92 Å². The molecule has 2 aliphatic heterocycles. The summed E-state index contributed by atoms with van der Waals surface area (Å²) in [6, 6.07) is 39.5. The highest BCUT2D eigenvalue weighted by Gasteiger charge is 2.68. The molecule has 3 atom stereocenters. The van der Waals surface area contributed by atoms with Crippen LogP contribution in [-0.4, -0.2) is 0 Å². The molecular formula is C31H24O. The second-order valence-corrected chi connectivity index (χ2v) is 9.19. The highest BCUT2D eigenvalue weighted by Crippen LogP contribution is 2.69. The lowest BCUT2D eigenvalue weighted by atomic mass is 9.62. The summed E-state index contributed by atoms with van der Waals surface area (Å²) >= 11 is 0. The molecule has 4 aromatic rings. The van der Waals surface area contributed by atoms with Gasteiger partial charge in [-0.05, 0) is 51.8 Å². The summed E-state index contributed by atoms with van der Waals surface area (Å²) in [6.45, 7) is 0. The normalized spacial score (nSPS) is 27.1. The van der Waals surface area contributed by atoms with Crippen molar-refractivity contribution < 1.29 is 4.74 Å². The molecule has 4 aromatic carbocycles. The van der Waals surface area contributed by atoms with Crippen molar-refractivity contribution in [3.63, 3.8) is 0 Å². The zero-order chi connectivity index (χ0) is 21.2. The molecule has 1 fully saturated rings. The van der Waals surface area contributed by atoms with E-state index in [1.54, 1.807) is 0 Å². The van der Waals surface area contributed by atoms with Crippen LogP contribution >= 0.6 is 0 Å². The molecule has 2 bridgehead atoms. The quantitative estimate of drug-likeness (QED) is 0.349. The van der Waals surface area contributed by atoms with E-state index < -0.39 is 11.2 Å². The molecule has 1 nitrogen and oxygen atoms in total. The molecule has 0 unspecified atom stereocenters. The van der Waals surface area contributed by atoms with Crippen LogP contribution in [-0.2, 0) is 22.4 Å². The number of fused-ring (bicyclic) bond motifs is 9. The van der Waals surface area contributed by atoms with Crippen LogP contribution in [0.25, 0.3) is 6.08 Å². The van der Waals surface area contributed by atoms with Crippen molar-refractivity contribution in [1.29, 1.82) is 0 Å². The lowest BCUT2D eigenvalue weighted by Crippen LogP contribution is -2.35. The van der Waals surface area contributed by atoms with Crippen LogP contribution in [0.1, 0.15) is 39.8 Å². The summed E-state index contributed by atoms with van der Waals surface area (Å²) in [5.41, 5.74) is 8.22.